The summed E-state index contributed by atoms with van der Waals surface area (Å²) in [5, 5.41) is 3.95. The van der Waals surface area contributed by atoms with E-state index in [0.717, 1.165) is 11.8 Å². The second kappa shape index (κ2) is 33.3. The molecule has 1 unspecified atom stereocenters. The molecule has 0 aromatic rings. The number of rotatable bonds is 36. The maximum Gasteiger partial charge on any atom is 0.000263 e. The first-order valence-corrected chi connectivity index (χ1v) is 20.6. The molecule has 0 spiro atoms. The zero-order valence-corrected chi connectivity index (χ0v) is 31.5. The highest BCUT2D eigenvalue weighted by Crippen LogP contribution is 2.25. The van der Waals surface area contributed by atoms with E-state index in [1.54, 1.807) is 0 Å². The van der Waals surface area contributed by atoms with Crippen molar-refractivity contribution in [3.05, 3.63) is 0 Å². The molecule has 43 heavy (non-hydrogen) atoms. The smallest absolute Gasteiger partial charge is 0.000263 e. The molecule has 1 atom stereocenters. The first-order valence-electron chi connectivity index (χ1n) is 20.6. The monoisotopic (exact) mass is 606 g/mol. The van der Waals surface area contributed by atoms with Crippen molar-refractivity contribution >= 4 is 0 Å². The van der Waals surface area contributed by atoms with Gasteiger partial charge >= 0.3 is 0 Å². The third-order valence-corrected chi connectivity index (χ3v) is 10.1. The molecular weight excluding hydrogens is 518 g/mol. The first-order chi connectivity index (χ1) is 20.9. The van der Waals surface area contributed by atoms with E-state index >= 15 is 0 Å². The summed E-state index contributed by atoms with van der Waals surface area (Å²) in [4.78, 5) is 0. The number of hydrogen-bond donors (Lipinski definition) is 1. The summed E-state index contributed by atoms with van der Waals surface area (Å²) in [5.41, 5.74) is 0.430. The molecule has 0 bridgehead atoms. The van der Waals surface area contributed by atoms with Crippen LogP contribution in [0.5, 0.6) is 0 Å². The van der Waals surface area contributed by atoms with Crippen molar-refractivity contribution in [3.63, 3.8) is 0 Å². The quantitative estimate of drug-likeness (QED) is 0.0700. The van der Waals surface area contributed by atoms with Crippen LogP contribution in [0.15, 0.2) is 0 Å². The highest BCUT2D eigenvalue weighted by Gasteiger charge is 2.18. The van der Waals surface area contributed by atoms with Crippen molar-refractivity contribution in [2.24, 2.45) is 17.3 Å². The van der Waals surface area contributed by atoms with Gasteiger partial charge in [-0.1, -0.05) is 221 Å². The van der Waals surface area contributed by atoms with E-state index in [1.807, 2.05) is 0 Å². The van der Waals surface area contributed by atoms with Crippen molar-refractivity contribution in [1.29, 1.82) is 0 Å². The molecule has 0 rings (SSSR count). The van der Waals surface area contributed by atoms with Crippen LogP contribution < -0.4 is 5.32 Å². The third kappa shape index (κ3) is 34.7. The lowest BCUT2D eigenvalue weighted by atomic mass is 9.85. The van der Waals surface area contributed by atoms with Crippen molar-refractivity contribution in [2.45, 2.75) is 241 Å². The van der Waals surface area contributed by atoms with E-state index in [2.05, 4.69) is 46.9 Å². The van der Waals surface area contributed by atoms with E-state index < -0.39 is 0 Å². The Kier molecular flexibility index (Phi) is 33.3. The minimum atomic E-state index is 0.430. The highest BCUT2D eigenvalue weighted by molar-refractivity contribution is 4.74. The second-order valence-electron chi connectivity index (χ2n) is 16.0. The van der Waals surface area contributed by atoms with E-state index in [9.17, 15) is 0 Å². The molecule has 1 nitrogen and oxygen atoms in total. The molecule has 1 N–H and O–H groups in total. The minimum Gasteiger partial charge on any atom is -0.316 e. The van der Waals surface area contributed by atoms with Crippen LogP contribution >= 0.6 is 0 Å². The van der Waals surface area contributed by atoms with Gasteiger partial charge in [0.15, 0.2) is 0 Å². The molecule has 0 radical (unpaired) electrons. The highest BCUT2D eigenvalue weighted by atomic mass is 14.9. The van der Waals surface area contributed by atoms with Gasteiger partial charge in [0.2, 0.25) is 0 Å². The van der Waals surface area contributed by atoms with Crippen LogP contribution in [0.3, 0.4) is 0 Å². The fourth-order valence-electron chi connectivity index (χ4n) is 6.81. The van der Waals surface area contributed by atoms with Crippen LogP contribution in [0.25, 0.3) is 0 Å². The van der Waals surface area contributed by atoms with Gasteiger partial charge in [-0.2, -0.15) is 0 Å². The molecule has 0 aliphatic rings. The Labute approximate surface area is 275 Å². The van der Waals surface area contributed by atoms with Gasteiger partial charge in [-0.3, -0.25) is 0 Å². The molecule has 0 saturated heterocycles. The van der Waals surface area contributed by atoms with Crippen LogP contribution in [-0.4, -0.2) is 13.1 Å². The Hall–Kier alpha value is -0.0400. The van der Waals surface area contributed by atoms with Crippen molar-refractivity contribution in [2.75, 3.05) is 13.1 Å². The topological polar surface area (TPSA) is 12.0 Å². The third-order valence-electron chi connectivity index (χ3n) is 10.1. The Morgan fingerprint density at radius 1 is 0.419 bits per heavy atom. The number of hydrogen-bond acceptors (Lipinski definition) is 1. The lowest BCUT2D eigenvalue weighted by molar-refractivity contribution is 0.274. The summed E-state index contributed by atoms with van der Waals surface area (Å²) in [5.74, 6) is 1.72. The molecule has 0 aliphatic heterocycles. The fraction of sp³-hybridized carbons (Fsp3) is 1.00. The van der Waals surface area contributed by atoms with Crippen molar-refractivity contribution < 1.29 is 0 Å². The van der Waals surface area contributed by atoms with Crippen molar-refractivity contribution in [3.8, 4) is 0 Å². The zero-order valence-electron chi connectivity index (χ0n) is 31.5. The largest absolute Gasteiger partial charge is 0.316 e. The molecule has 0 aromatic heterocycles. The Balaban J connectivity index is 4.02. The molecule has 0 amide bonds. The predicted octanol–water partition coefficient (Wildman–Crippen LogP) is 15.0. The molecule has 260 valence electrons. The minimum absolute atomic E-state index is 0.430. The van der Waals surface area contributed by atoms with Gasteiger partial charge in [-0.05, 0) is 43.1 Å². The van der Waals surface area contributed by atoms with Gasteiger partial charge in [-0.15, -0.1) is 0 Å². The zero-order chi connectivity index (χ0) is 31.7. The average Bonchev–Trinajstić information content (AvgIpc) is 2.98. The van der Waals surface area contributed by atoms with Crippen LogP contribution in [0.2, 0.25) is 0 Å². The van der Waals surface area contributed by atoms with E-state index in [0.29, 0.717) is 5.41 Å². The summed E-state index contributed by atoms with van der Waals surface area (Å²) in [7, 11) is 0. The van der Waals surface area contributed by atoms with Gasteiger partial charge in [0, 0.05) is 6.54 Å². The summed E-state index contributed by atoms with van der Waals surface area (Å²) < 4.78 is 0. The van der Waals surface area contributed by atoms with E-state index in [-0.39, 0.29) is 0 Å². The maximum absolute atomic E-state index is 3.95. The van der Waals surface area contributed by atoms with Gasteiger partial charge in [0.1, 0.15) is 0 Å². The van der Waals surface area contributed by atoms with Gasteiger partial charge < -0.3 is 5.32 Å². The fourth-order valence-corrected chi connectivity index (χ4v) is 6.81. The summed E-state index contributed by atoms with van der Waals surface area (Å²) >= 11 is 0. The molecule has 0 aliphatic carbocycles. The van der Waals surface area contributed by atoms with Gasteiger partial charge in [0.05, 0.1) is 0 Å². The molecule has 1 heteroatoms. The molecule has 0 fully saturated rings. The normalized spacial score (nSPS) is 12.9. The van der Waals surface area contributed by atoms with Crippen LogP contribution in [0.4, 0.5) is 0 Å². The average molecular weight is 606 g/mol. The first kappa shape index (κ1) is 43.0. The Bertz CT molecular complexity index is 509. The van der Waals surface area contributed by atoms with E-state index in [4.69, 9.17) is 0 Å². The Morgan fingerprint density at radius 3 is 1.02 bits per heavy atom. The molecule has 0 saturated carbocycles. The summed E-state index contributed by atoms with van der Waals surface area (Å²) in [6.07, 6.45) is 45.1. The summed E-state index contributed by atoms with van der Waals surface area (Å²) in [6, 6.07) is 0. The van der Waals surface area contributed by atoms with Crippen LogP contribution in [0, 0.1) is 17.3 Å². The van der Waals surface area contributed by atoms with Crippen LogP contribution in [-0.2, 0) is 0 Å². The standard InChI is InChI=1S/C42H87N/c1-7-9-11-13-15-17-19-21-23-25-27-29-31-33-35-41(38-43-39-42(5,6)37-36-40(3)4)34-32-30-28-26-24-22-20-18-16-14-12-10-8-2/h40-41,43H,7-39H2,1-6H3. The van der Waals surface area contributed by atoms with Gasteiger partial charge in [0.25, 0.3) is 0 Å². The predicted molar refractivity (Wildman–Crippen MR) is 199 cm³/mol. The molecular formula is C42H87N. The molecule has 0 heterocycles. The second-order valence-corrected chi connectivity index (χ2v) is 16.0. The lowest BCUT2D eigenvalue weighted by Crippen LogP contribution is -2.33. The number of nitrogens with one attached hydrogen (secondary N) is 1. The lowest BCUT2D eigenvalue weighted by Gasteiger charge is -2.27. The SMILES string of the molecule is CCCCCCCCCCCCCCCCC(CCCCCCCCCCCCCCC)CNCC(C)(C)CCC(C)C. The number of unbranched alkanes of at least 4 members (excludes halogenated alkanes) is 25. The van der Waals surface area contributed by atoms with Gasteiger partial charge in [-0.25, -0.2) is 0 Å². The van der Waals surface area contributed by atoms with E-state index in [1.165, 1.54) is 212 Å². The molecule has 0 aromatic carbocycles. The Morgan fingerprint density at radius 2 is 0.721 bits per heavy atom. The van der Waals surface area contributed by atoms with Crippen molar-refractivity contribution in [1.82, 2.24) is 5.32 Å². The maximum atomic E-state index is 3.95. The van der Waals surface area contributed by atoms with Crippen LogP contribution in [0.1, 0.15) is 241 Å². The summed E-state index contributed by atoms with van der Waals surface area (Å²) in [6.45, 7) is 16.7.